The van der Waals surface area contributed by atoms with Gasteiger partial charge in [-0.05, 0) is 65.3 Å². The summed E-state index contributed by atoms with van der Waals surface area (Å²) in [6.07, 6.45) is 3.42. The molecule has 1 nitrogen and oxygen atoms in total. The Kier molecular flexibility index (Phi) is 4.75. The maximum atomic E-state index is 3.49. The predicted octanol–water partition coefficient (Wildman–Crippen LogP) is 4.24. The van der Waals surface area contributed by atoms with Crippen LogP contribution in [0.2, 0.25) is 0 Å². The number of thiophene rings is 1. The third kappa shape index (κ3) is 4.95. The van der Waals surface area contributed by atoms with E-state index in [1.54, 1.807) is 0 Å². The van der Waals surface area contributed by atoms with Crippen molar-refractivity contribution >= 4 is 16.9 Å². The molecular formula is C14H23NS. The minimum Gasteiger partial charge on any atom is -0.312 e. The fraction of sp³-hybridized carbons (Fsp3) is 0.571. The molecule has 0 bridgehead atoms. The topological polar surface area (TPSA) is 12.0 Å². The summed E-state index contributed by atoms with van der Waals surface area (Å²) in [5.74, 6) is 0. The molecule has 2 heteroatoms. The van der Waals surface area contributed by atoms with Crippen LogP contribution in [0.25, 0.3) is 5.57 Å². The molecule has 0 aliphatic carbocycles. The standard InChI is InChI=1S/C14H23NS/c1-11(13-9-8-12(2)16-13)7-6-10-15-14(3,4)5/h7-9,15H,6,10H2,1-5H3. The molecule has 16 heavy (non-hydrogen) atoms. The molecule has 1 aromatic rings. The zero-order chi connectivity index (χ0) is 12.2. The van der Waals surface area contributed by atoms with E-state index in [2.05, 4.69) is 58.1 Å². The number of aryl methyl sites for hydroxylation is 1. The quantitative estimate of drug-likeness (QED) is 0.772. The maximum Gasteiger partial charge on any atom is 0.0299 e. The van der Waals surface area contributed by atoms with E-state index in [1.165, 1.54) is 15.3 Å². The van der Waals surface area contributed by atoms with E-state index in [0.717, 1.165) is 13.0 Å². The molecule has 0 atom stereocenters. The highest BCUT2D eigenvalue weighted by atomic mass is 32.1. The van der Waals surface area contributed by atoms with Gasteiger partial charge in [0.2, 0.25) is 0 Å². The highest BCUT2D eigenvalue weighted by molar-refractivity contribution is 7.13. The predicted molar refractivity (Wildman–Crippen MR) is 75.1 cm³/mol. The summed E-state index contributed by atoms with van der Waals surface area (Å²) in [6, 6.07) is 4.40. The SMILES string of the molecule is CC(=CCCNC(C)(C)C)c1ccc(C)s1. The van der Waals surface area contributed by atoms with Crippen LogP contribution in [0.15, 0.2) is 18.2 Å². The lowest BCUT2D eigenvalue weighted by atomic mass is 10.1. The van der Waals surface area contributed by atoms with Crippen LogP contribution in [0.5, 0.6) is 0 Å². The number of nitrogens with one attached hydrogen (secondary N) is 1. The highest BCUT2D eigenvalue weighted by Gasteiger charge is 2.06. The Balaban J connectivity index is 2.40. The van der Waals surface area contributed by atoms with Gasteiger partial charge < -0.3 is 5.32 Å². The van der Waals surface area contributed by atoms with Crippen LogP contribution < -0.4 is 5.32 Å². The van der Waals surface area contributed by atoms with Crippen molar-refractivity contribution < 1.29 is 0 Å². The van der Waals surface area contributed by atoms with Crippen LogP contribution in [0.4, 0.5) is 0 Å². The van der Waals surface area contributed by atoms with Crippen LogP contribution in [0.1, 0.15) is 43.9 Å². The van der Waals surface area contributed by atoms with Crippen LogP contribution in [-0.2, 0) is 0 Å². The minimum absolute atomic E-state index is 0.223. The molecule has 0 saturated heterocycles. The van der Waals surface area contributed by atoms with Crippen molar-refractivity contribution in [3.63, 3.8) is 0 Å². The molecule has 0 aliphatic rings. The second-order valence-corrected chi connectivity index (χ2v) is 6.55. The first-order valence-electron chi connectivity index (χ1n) is 5.87. The van der Waals surface area contributed by atoms with Crippen molar-refractivity contribution in [2.75, 3.05) is 6.54 Å². The summed E-state index contributed by atoms with van der Waals surface area (Å²) < 4.78 is 0. The molecule has 0 aromatic carbocycles. The van der Waals surface area contributed by atoms with E-state index in [0.29, 0.717) is 0 Å². The molecule has 0 radical (unpaired) electrons. The van der Waals surface area contributed by atoms with Gasteiger partial charge in [-0.15, -0.1) is 11.3 Å². The highest BCUT2D eigenvalue weighted by Crippen LogP contribution is 2.23. The van der Waals surface area contributed by atoms with Crippen LogP contribution in [0, 0.1) is 6.92 Å². The van der Waals surface area contributed by atoms with E-state index in [-0.39, 0.29) is 5.54 Å². The van der Waals surface area contributed by atoms with Crippen molar-refractivity contribution in [2.45, 2.75) is 46.6 Å². The van der Waals surface area contributed by atoms with E-state index in [1.807, 2.05) is 11.3 Å². The number of allylic oxidation sites excluding steroid dienone is 1. The first-order valence-corrected chi connectivity index (χ1v) is 6.69. The fourth-order valence-corrected chi connectivity index (χ4v) is 2.35. The van der Waals surface area contributed by atoms with Gasteiger partial charge in [0, 0.05) is 15.3 Å². The van der Waals surface area contributed by atoms with Crippen LogP contribution >= 0.6 is 11.3 Å². The summed E-state index contributed by atoms with van der Waals surface area (Å²) in [7, 11) is 0. The largest absolute Gasteiger partial charge is 0.312 e. The lowest BCUT2D eigenvalue weighted by Crippen LogP contribution is -2.36. The molecule has 1 aromatic heterocycles. The van der Waals surface area contributed by atoms with Gasteiger partial charge in [0.15, 0.2) is 0 Å². The van der Waals surface area contributed by atoms with Crippen LogP contribution in [0.3, 0.4) is 0 Å². The van der Waals surface area contributed by atoms with Crippen molar-refractivity contribution in [1.82, 2.24) is 5.32 Å². The molecule has 0 aliphatic heterocycles. The van der Waals surface area contributed by atoms with Crippen molar-refractivity contribution in [2.24, 2.45) is 0 Å². The summed E-state index contributed by atoms with van der Waals surface area (Å²) in [4.78, 5) is 2.78. The Bertz CT molecular complexity index is 355. The van der Waals surface area contributed by atoms with Crippen LogP contribution in [-0.4, -0.2) is 12.1 Å². The molecule has 1 N–H and O–H groups in total. The van der Waals surface area contributed by atoms with E-state index >= 15 is 0 Å². The Morgan fingerprint density at radius 3 is 2.56 bits per heavy atom. The Labute approximate surface area is 104 Å². The van der Waals surface area contributed by atoms with E-state index in [4.69, 9.17) is 0 Å². The van der Waals surface area contributed by atoms with Crippen molar-refractivity contribution in [3.8, 4) is 0 Å². The summed E-state index contributed by atoms with van der Waals surface area (Å²) in [6.45, 7) is 12.0. The normalized spacial score (nSPS) is 13.2. The van der Waals surface area contributed by atoms with Gasteiger partial charge in [-0.3, -0.25) is 0 Å². The third-order valence-electron chi connectivity index (χ3n) is 2.38. The Hall–Kier alpha value is -0.600. The molecule has 0 fully saturated rings. The molecule has 1 heterocycles. The molecule has 0 unspecified atom stereocenters. The first-order chi connectivity index (χ1) is 7.38. The summed E-state index contributed by atoms with van der Waals surface area (Å²) in [5, 5.41) is 3.49. The van der Waals surface area contributed by atoms with Gasteiger partial charge in [-0.1, -0.05) is 6.08 Å². The molecule has 90 valence electrons. The molecule has 0 amide bonds. The van der Waals surface area contributed by atoms with Gasteiger partial charge in [0.05, 0.1) is 0 Å². The lowest BCUT2D eigenvalue weighted by Gasteiger charge is -2.19. The molecular weight excluding hydrogens is 214 g/mol. The lowest BCUT2D eigenvalue weighted by molar-refractivity contribution is 0.431. The second kappa shape index (κ2) is 5.65. The number of hydrogen-bond acceptors (Lipinski definition) is 2. The third-order valence-corrected chi connectivity index (χ3v) is 3.52. The smallest absolute Gasteiger partial charge is 0.0299 e. The van der Waals surface area contributed by atoms with Crippen molar-refractivity contribution in [3.05, 3.63) is 28.0 Å². The number of rotatable bonds is 4. The minimum atomic E-state index is 0.223. The monoisotopic (exact) mass is 237 g/mol. The summed E-state index contributed by atoms with van der Waals surface area (Å²) >= 11 is 1.87. The van der Waals surface area contributed by atoms with Gasteiger partial charge in [-0.25, -0.2) is 0 Å². The zero-order valence-corrected chi connectivity index (χ0v) is 11.9. The van der Waals surface area contributed by atoms with Gasteiger partial charge in [0.25, 0.3) is 0 Å². The fourth-order valence-electron chi connectivity index (χ4n) is 1.48. The average molecular weight is 237 g/mol. The molecule has 0 saturated carbocycles. The Morgan fingerprint density at radius 1 is 1.38 bits per heavy atom. The number of hydrogen-bond donors (Lipinski definition) is 1. The second-order valence-electron chi connectivity index (χ2n) is 5.26. The van der Waals surface area contributed by atoms with Gasteiger partial charge in [-0.2, -0.15) is 0 Å². The summed E-state index contributed by atoms with van der Waals surface area (Å²) in [5.41, 5.74) is 1.62. The molecule has 0 spiro atoms. The maximum absolute atomic E-state index is 3.49. The van der Waals surface area contributed by atoms with Crippen molar-refractivity contribution in [1.29, 1.82) is 0 Å². The molecule has 1 rings (SSSR count). The van der Waals surface area contributed by atoms with Gasteiger partial charge in [0.1, 0.15) is 0 Å². The zero-order valence-electron chi connectivity index (χ0n) is 11.1. The Morgan fingerprint density at radius 2 is 2.06 bits per heavy atom. The van der Waals surface area contributed by atoms with E-state index < -0.39 is 0 Å². The first kappa shape index (κ1) is 13.5. The van der Waals surface area contributed by atoms with E-state index in [9.17, 15) is 0 Å². The average Bonchev–Trinajstić information content (AvgIpc) is 2.57. The van der Waals surface area contributed by atoms with Gasteiger partial charge >= 0.3 is 0 Å².